The van der Waals surface area contributed by atoms with E-state index < -0.39 is 0 Å². The summed E-state index contributed by atoms with van der Waals surface area (Å²) in [5, 5.41) is 6.57. The van der Waals surface area contributed by atoms with Gasteiger partial charge in [0.15, 0.2) is 5.76 Å². The fourth-order valence-corrected chi connectivity index (χ4v) is 2.07. The van der Waals surface area contributed by atoms with Crippen molar-refractivity contribution in [2.24, 2.45) is 0 Å². The quantitative estimate of drug-likeness (QED) is 0.799. The molecular weight excluding hydrogens is 283 g/mol. The Morgan fingerprint density at radius 1 is 1.09 bits per heavy atom. The average Bonchev–Trinajstić information content (AvgIpc) is 2.97. The van der Waals surface area contributed by atoms with E-state index in [1.165, 1.54) is 6.07 Å². The lowest BCUT2D eigenvalue weighted by atomic mass is 10.1. The van der Waals surface area contributed by atoms with E-state index in [0.717, 1.165) is 0 Å². The van der Waals surface area contributed by atoms with E-state index in [-0.39, 0.29) is 18.1 Å². The molecule has 22 heavy (non-hydrogen) atoms. The fourth-order valence-electron chi connectivity index (χ4n) is 2.07. The maximum atomic E-state index is 13.7. The molecule has 0 aliphatic carbocycles. The third-order valence-electron chi connectivity index (χ3n) is 3.10. The number of carbonyl (C=O) groups excluding carboxylic acids is 1. The van der Waals surface area contributed by atoms with Crippen molar-refractivity contribution in [3.8, 4) is 11.3 Å². The van der Waals surface area contributed by atoms with Crippen molar-refractivity contribution in [2.45, 2.75) is 6.42 Å². The second-order valence-corrected chi connectivity index (χ2v) is 4.75. The van der Waals surface area contributed by atoms with Crippen molar-refractivity contribution in [1.29, 1.82) is 0 Å². The molecule has 4 nitrogen and oxygen atoms in total. The van der Waals surface area contributed by atoms with Crippen LogP contribution in [0.3, 0.4) is 0 Å². The highest BCUT2D eigenvalue weighted by Gasteiger charge is 2.13. The lowest BCUT2D eigenvalue weighted by Gasteiger charge is -2.02. The van der Waals surface area contributed by atoms with E-state index in [1.54, 1.807) is 36.4 Å². The minimum Gasteiger partial charge on any atom is -0.356 e. The number of para-hydroxylation sites is 1. The first kappa shape index (κ1) is 14.0. The Bertz CT molecular complexity index is 784. The molecule has 1 amide bonds. The number of nitrogens with zero attached hydrogens (tertiary/aromatic N) is 1. The van der Waals surface area contributed by atoms with E-state index in [9.17, 15) is 9.18 Å². The van der Waals surface area contributed by atoms with Crippen molar-refractivity contribution in [3.63, 3.8) is 0 Å². The zero-order valence-corrected chi connectivity index (χ0v) is 11.6. The number of rotatable bonds is 4. The van der Waals surface area contributed by atoms with Crippen molar-refractivity contribution in [2.75, 3.05) is 5.32 Å². The van der Waals surface area contributed by atoms with Crippen LogP contribution >= 0.6 is 0 Å². The van der Waals surface area contributed by atoms with Crippen LogP contribution in [0, 0.1) is 5.82 Å². The highest BCUT2D eigenvalue weighted by Crippen LogP contribution is 2.23. The van der Waals surface area contributed by atoms with Gasteiger partial charge in [-0.05, 0) is 24.3 Å². The standard InChI is InChI=1S/C17H13FN2O2/c18-15-9-5-4-8-14(15)16-10-13(20-22-16)11-17(21)19-12-6-2-1-3-7-12/h1-10H,11H2,(H,19,21). The first-order valence-electron chi connectivity index (χ1n) is 6.78. The van der Waals surface area contributed by atoms with Crippen molar-refractivity contribution in [1.82, 2.24) is 5.16 Å². The number of benzene rings is 2. The maximum Gasteiger partial charge on any atom is 0.230 e. The zero-order valence-electron chi connectivity index (χ0n) is 11.6. The van der Waals surface area contributed by atoms with Crippen LogP contribution in [0.5, 0.6) is 0 Å². The van der Waals surface area contributed by atoms with Crippen LogP contribution in [0.25, 0.3) is 11.3 Å². The Kier molecular flexibility index (Phi) is 3.96. The summed E-state index contributed by atoms with van der Waals surface area (Å²) in [6.45, 7) is 0. The Balaban J connectivity index is 1.70. The smallest absolute Gasteiger partial charge is 0.230 e. The predicted octanol–water partition coefficient (Wildman–Crippen LogP) is 3.66. The monoisotopic (exact) mass is 296 g/mol. The van der Waals surface area contributed by atoms with Gasteiger partial charge in [0.05, 0.1) is 17.7 Å². The number of halogens is 1. The van der Waals surface area contributed by atoms with Gasteiger partial charge >= 0.3 is 0 Å². The molecule has 3 rings (SSSR count). The van der Waals surface area contributed by atoms with Crippen LogP contribution < -0.4 is 5.32 Å². The zero-order chi connectivity index (χ0) is 15.4. The third kappa shape index (κ3) is 3.20. The molecule has 0 bridgehead atoms. The summed E-state index contributed by atoms with van der Waals surface area (Å²) in [5.41, 5.74) is 1.49. The second-order valence-electron chi connectivity index (χ2n) is 4.75. The molecular formula is C17H13FN2O2. The number of amides is 1. The Morgan fingerprint density at radius 3 is 2.59 bits per heavy atom. The summed E-state index contributed by atoms with van der Waals surface area (Å²) in [6, 6.07) is 17.0. The summed E-state index contributed by atoms with van der Waals surface area (Å²) in [7, 11) is 0. The Morgan fingerprint density at radius 2 is 1.82 bits per heavy atom. The number of hydrogen-bond acceptors (Lipinski definition) is 3. The van der Waals surface area contributed by atoms with Gasteiger partial charge in [-0.25, -0.2) is 4.39 Å². The van der Waals surface area contributed by atoms with Gasteiger partial charge in [0.25, 0.3) is 0 Å². The SMILES string of the molecule is O=C(Cc1cc(-c2ccccc2F)on1)Nc1ccccc1. The molecule has 1 heterocycles. The van der Waals surface area contributed by atoms with E-state index >= 15 is 0 Å². The molecule has 0 saturated carbocycles. The second kappa shape index (κ2) is 6.22. The number of nitrogens with one attached hydrogen (secondary N) is 1. The molecule has 1 N–H and O–H groups in total. The van der Waals surface area contributed by atoms with E-state index in [2.05, 4.69) is 10.5 Å². The summed E-state index contributed by atoms with van der Waals surface area (Å²) < 4.78 is 18.8. The van der Waals surface area contributed by atoms with E-state index in [0.29, 0.717) is 22.7 Å². The highest BCUT2D eigenvalue weighted by molar-refractivity contribution is 5.92. The van der Waals surface area contributed by atoms with Crippen LogP contribution in [0.1, 0.15) is 5.69 Å². The van der Waals surface area contributed by atoms with Crippen LogP contribution in [0.4, 0.5) is 10.1 Å². The first-order chi connectivity index (χ1) is 10.7. The third-order valence-corrected chi connectivity index (χ3v) is 3.10. The highest BCUT2D eigenvalue weighted by atomic mass is 19.1. The maximum absolute atomic E-state index is 13.7. The van der Waals surface area contributed by atoms with E-state index in [4.69, 9.17) is 4.52 Å². The van der Waals surface area contributed by atoms with Crippen molar-refractivity contribution in [3.05, 3.63) is 72.2 Å². The number of carbonyl (C=O) groups is 1. The molecule has 3 aromatic rings. The van der Waals surface area contributed by atoms with Gasteiger partial charge in [0.1, 0.15) is 5.82 Å². The molecule has 0 aliphatic heterocycles. The summed E-state index contributed by atoms with van der Waals surface area (Å²) in [4.78, 5) is 11.9. The molecule has 1 aromatic heterocycles. The van der Waals surface area contributed by atoms with Gasteiger partial charge in [0, 0.05) is 11.8 Å². The van der Waals surface area contributed by atoms with Gasteiger partial charge in [-0.2, -0.15) is 0 Å². The average molecular weight is 296 g/mol. The van der Waals surface area contributed by atoms with Crippen LogP contribution in [-0.2, 0) is 11.2 Å². The molecule has 0 aliphatic rings. The van der Waals surface area contributed by atoms with Gasteiger partial charge in [-0.3, -0.25) is 4.79 Å². The fraction of sp³-hybridized carbons (Fsp3) is 0.0588. The molecule has 0 fully saturated rings. The molecule has 0 spiro atoms. The molecule has 0 unspecified atom stereocenters. The van der Waals surface area contributed by atoms with Crippen molar-refractivity contribution >= 4 is 11.6 Å². The van der Waals surface area contributed by atoms with Crippen LogP contribution in [0.15, 0.2) is 65.2 Å². The summed E-state index contributed by atoms with van der Waals surface area (Å²) in [5.74, 6) is -0.292. The van der Waals surface area contributed by atoms with Crippen molar-refractivity contribution < 1.29 is 13.7 Å². The summed E-state index contributed by atoms with van der Waals surface area (Å²) in [6.07, 6.45) is 0.0623. The van der Waals surface area contributed by atoms with E-state index in [1.807, 2.05) is 18.2 Å². The molecule has 2 aromatic carbocycles. The minimum atomic E-state index is -0.390. The predicted molar refractivity (Wildman–Crippen MR) is 80.7 cm³/mol. The molecule has 5 heteroatoms. The summed E-state index contributed by atoms with van der Waals surface area (Å²) >= 11 is 0. The number of aromatic nitrogens is 1. The van der Waals surface area contributed by atoms with Gasteiger partial charge in [-0.15, -0.1) is 0 Å². The van der Waals surface area contributed by atoms with Gasteiger partial charge in [0.2, 0.25) is 5.91 Å². The molecule has 0 atom stereocenters. The minimum absolute atomic E-state index is 0.0623. The lowest BCUT2D eigenvalue weighted by Crippen LogP contribution is -2.14. The van der Waals surface area contributed by atoms with Crippen LogP contribution in [0.2, 0.25) is 0 Å². The molecule has 110 valence electrons. The number of anilines is 1. The topological polar surface area (TPSA) is 55.1 Å². The Labute approximate surface area is 126 Å². The lowest BCUT2D eigenvalue weighted by molar-refractivity contribution is -0.115. The van der Waals surface area contributed by atoms with Gasteiger partial charge in [-0.1, -0.05) is 35.5 Å². The molecule has 0 radical (unpaired) electrons. The number of hydrogen-bond donors (Lipinski definition) is 1. The molecule has 0 saturated heterocycles. The Hall–Kier alpha value is -2.95. The normalized spacial score (nSPS) is 10.4. The van der Waals surface area contributed by atoms with Crippen LogP contribution in [-0.4, -0.2) is 11.1 Å². The first-order valence-corrected chi connectivity index (χ1v) is 6.78. The van der Waals surface area contributed by atoms with Gasteiger partial charge < -0.3 is 9.84 Å². The largest absolute Gasteiger partial charge is 0.356 e.